The number of aliphatic carboxylic acids is 1. The minimum Gasteiger partial charge on any atom is -0.481 e. The van der Waals surface area contributed by atoms with E-state index in [2.05, 4.69) is 0 Å². The number of nitrogens with zero attached hydrogens (tertiary/aromatic N) is 2. The molecule has 1 rings (SSSR count). The summed E-state index contributed by atoms with van der Waals surface area (Å²) in [6, 6.07) is -0.108. The molecule has 1 heterocycles. The van der Waals surface area contributed by atoms with Gasteiger partial charge in [-0.1, -0.05) is 13.3 Å². The van der Waals surface area contributed by atoms with Crippen LogP contribution in [0, 0.1) is 5.41 Å². The van der Waals surface area contributed by atoms with Gasteiger partial charge in [0.15, 0.2) is 0 Å². The van der Waals surface area contributed by atoms with Crippen LogP contribution in [0.2, 0.25) is 0 Å². The van der Waals surface area contributed by atoms with Crippen LogP contribution in [0.25, 0.3) is 0 Å². The molecule has 1 aliphatic rings. The van der Waals surface area contributed by atoms with Crippen LogP contribution >= 0.6 is 0 Å². The molecular weight excluding hydrogens is 260 g/mol. The minimum absolute atomic E-state index is 0.108. The third-order valence-corrected chi connectivity index (χ3v) is 3.99. The second-order valence-electron chi connectivity index (χ2n) is 5.56. The Hall–Kier alpha value is -1.30. The number of ether oxygens (including phenoxy) is 1. The molecule has 0 bridgehead atoms. The first-order chi connectivity index (χ1) is 9.46. The van der Waals surface area contributed by atoms with Gasteiger partial charge in [0.25, 0.3) is 0 Å². The molecule has 0 aromatic heterocycles. The van der Waals surface area contributed by atoms with Gasteiger partial charge in [-0.3, -0.25) is 4.79 Å². The lowest BCUT2D eigenvalue weighted by atomic mass is 9.76. The number of carbonyl (C=O) groups excluding carboxylic acids is 1. The Labute approximate surface area is 120 Å². The molecule has 1 N–H and O–H groups in total. The number of likely N-dealkylation sites (N-methyl/N-ethyl adjacent to an activating group) is 1. The smallest absolute Gasteiger partial charge is 0.319 e. The summed E-state index contributed by atoms with van der Waals surface area (Å²) in [6.45, 7) is 3.92. The van der Waals surface area contributed by atoms with Crippen molar-refractivity contribution in [1.82, 2.24) is 9.80 Å². The van der Waals surface area contributed by atoms with Gasteiger partial charge in [-0.25, -0.2) is 4.79 Å². The standard InChI is InChI=1S/C14H26N2O4/c1-4-6-14(12(17)18)7-5-8-16(11-14)13(19)15(2)9-10-20-3/h4-11H2,1-3H3,(H,17,18). The van der Waals surface area contributed by atoms with Crippen molar-refractivity contribution in [2.75, 3.05) is 40.4 Å². The predicted octanol–water partition coefficient (Wildman–Crippen LogP) is 1.65. The molecule has 1 saturated heterocycles. The van der Waals surface area contributed by atoms with Gasteiger partial charge in [0, 0.05) is 33.8 Å². The van der Waals surface area contributed by atoms with Crippen molar-refractivity contribution in [3.8, 4) is 0 Å². The summed E-state index contributed by atoms with van der Waals surface area (Å²) >= 11 is 0. The van der Waals surface area contributed by atoms with Crippen LogP contribution in [-0.2, 0) is 9.53 Å². The van der Waals surface area contributed by atoms with Crippen LogP contribution in [0.3, 0.4) is 0 Å². The lowest BCUT2D eigenvalue weighted by Gasteiger charge is -2.41. The Balaban J connectivity index is 2.72. The summed E-state index contributed by atoms with van der Waals surface area (Å²) in [7, 11) is 3.31. The van der Waals surface area contributed by atoms with Gasteiger partial charge in [-0.15, -0.1) is 0 Å². The molecule has 0 radical (unpaired) electrons. The maximum atomic E-state index is 12.3. The summed E-state index contributed by atoms with van der Waals surface area (Å²) in [5, 5.41) is 9.53. The monoisotopic (exact) mass is 286 g/mol. The SMILES string of the molecule is CCCC1(C(=O)O)CCCN(C(=O)N(C)CCOC)C1. The Bertz CT molecular complexity index is 344. The van der Waals surface area contributed by atoms with E-state index in [1.165, 1.54) is 0 Å². The molecule has 1 fully saturated rings. The number of hydrogen-bond donors (Lipinski definition) is 1. The first-order valence-corrected chi connectivity index (χ1v) is 7.19. The van der Waals surface area contributed by atoms with Crippen molar-refractivity contribution in [1.29, 1.82) is 0 Å². The molecule has 0 spiro atoms. The van der Waals surface area contributed by atoms with Gasteiger partial charge < -0.3 is 19.6 Å². The molecule has 0 aliphatic carbocycles. The highest BCUT2D eigenvalue weighted by Crippen LogP contribution is 2.35. The number of carboxylic acid groups (broad SMARTS) is 1. The third-order valence-electron chi connectivity index (χ3n) is 3.99. The summed E-state index contributed by atoms with van der Waals surface area (Å²) in [5.41, 5.74) is -0.773. The number of piperidine rings is 1. The van der Waals surface area contributed by atoms with Crippen LogP contribution in [0.5, 0.6) is 0 Å². The van der Waals surface area contributed by atoms with Crippen LogP contribution in [0.4, 0.5) is 4.79 Å². The number of urea groups is 1. The zero-order chi connectivity index (χ0) is 15.2. The number of amides is 2. The van der Waals surface area contributed by atoms with Crippen LogP contribution < -0.4 is 0 Å². The number of hydrogen-bond acceptors (Lipinski definition) is 3. The van der Waals surface area contributed by atoms with Crippen molar-refractivity contribution in [2.45, 2.75) is 32.6 Å². The van der Waals surface area contributed by atoms with Crippen molar-refractivity contribution in [2.24, 2.45) is 5.41 Å². The highest BCUT2D eigenvalue weighted by Gasteiger charge is 2.43. The highest BCUT2D eigenvalue weighted by molar-refractivity contribution is 5.78. The summed E-state index contributed by atoms with van der Waals surface area (Å²) in [6.07, 6.45) is 2.83. The second-order valence-corrected chi connectivity index (χ2v) is 5.56. The number of likely N-dealkylation sites (tertiary alicyclic amines) is 1. The zero-order valence-electron chi connectivity index (χ0n) is 12.7. The summed E-state index contributed by atoms with van der Waals surface area (Å²) in [5.74, 6) is -0.781. The Morgan fingerprint density at radius 1 is 1.45 bits per heavy atom. The highest BCUT2D eigenvalue weighted by atomic mass is 16.5. The molecule has 0 saturated carbocycles. The van der Waals surface area contributed by atoms with E-state index < -0.39 is 11.4 Å². The Morgan fingerprint density at radius 3 is 2.70 bits per heavy atom. The van der Waals surface area contributed by atoms with E-state index in [9.17, 15) is 14.7 Å². The molecule has 1 aliphatic heterocycles. The van der Waals surface area contributed by atoms with Gasteiger partial charge in [0.05, 0.1) is 12.0 Å². The number of rotatable bonds is 6. The molecule has 0 aromatic carbocycles. The van der Waals surface area contributed by atoms with E-state index in [0.29, 0.717) is 39.1 Å². The predicted molar refractivity (Wildman–Crippen MR) is 75.7 cm³/mol. The average Bonchev–Trinajstić information content (AvgIpc) is 2.44. The van der Waals surface area contributed by atoms with Gasteiger partial charge in [-0.2, -0.15) is 0 Å². The van der Waals surface area contributed by atoms with E-state index >= 15 is 0 Å². The van der Waals surface area contributed by atoms with E-state index in [1.807, 2.05) is 6.92 Å². The fourth-order valence-corrected chi connectivity index (χ4v) is 2.82. The number of methoxy groups -OCH3 is 1. The topological polar surface area (TPSA) is 70.1 Å². The first-order valence-electron chi connectivity index (χ1n) is 7.19. The number of carbonyl (C=O) groups is 2. The molecule has 0 aromatic rings. The van der Waals surface area contributed by atoms with E-state index in [0.717, 1.165) is 12.8 Å². The van der Waals surface area contributed by atoms with Crippen molar-refractivity contribution in [3.63, 3.8) is 0 Å². The maximum Gasteiger partial charge on any atom is 0.319 e. The van der Waals surface area contributed by atoms with Crippen molar-refractivity contribution >= 4 is 12.0 Å². The largest absolute Gasteiger partial charge is 0.481 e. The molecule has 20 heavy (non-hydrogen) atoms. The Morgan fingerprint density at radius 2 is 2.15 bits per heavy atom. The van der Waals surface area contributed by atoms with Gasteiger partial charge in [0.1, 0.15) is 0 Å². The zero-order valence-corrected chi connectivity index (χ0v) is 12.7. The van der Waals surface area contributed by atoms with E-state index in [-0.39, 0.29) is 6.03 Å². The molecule has 116 valence electrons. The lowest BCUT2D eigenvalue weighted by molar-refractivity contribution is -0.152. The normalized spacial score (nSPS) is 22.6. The van der Waals surface area contributed by atoms with Crippen LogP contribution in [0.1, 0.15) is 32.6 Å². The quantitative estimate of drug-likeness (QED) is 0.806. The van der Waals surface area contributed by atoms with Gasteiger partial charge >= 0.3 is 12.0 Å². The molecule has 6 nitrogen and oxygen atoms in total. The minimum atomic E-state index is -0.781. The van der Waals surface area contributed by atoms with Gasteiger partial charge in [0.2, 0.25) is 0 Å². The van der Waals surface area contributed by atoms with E-state index in [4.69, 9.17) is 4.74 Å². The molecule has 1 unspecified atom stereocenters. The third kappa shape index (κ3) is 3.85. The fraction of sp³-hybridized carbons (Fsp3) is 0.857. The molecular formula is C14H26N2O4. The Kier molecular flexibility index (Phi) is 6.26. The number of carboxylic acids is 1. The van der Waals surface area contributed by atoms with Crippen molar-refractivity contribution < 1.29 is 19.4 Å². The lowest BCUT2D eigenvalue weighted by Crippen LogP contribution is -2.53. The molecule has 2 amide bonds. The summed E-state index contributed by atoms with van der Waals surface area (Å²) in [4.78, 5) is 27.2. The van der Waals surface area contributed by atoms with Crippen molar-refractivity contribution in [3.05, 3.63) is 0 Å². The van der Waals surface area contributed by atoms with Crippen LogP contribution in [0.15, 0.2) is 0 Å². The van der Waals surface area contributed by atoms with Gasteiger partial charge in [-0.05, 0) is 19.3 Å². The fourth-order valence-electron chi connectivity index (χ4n) is 2.82. The van der Waals surface area contributed by atoms with E-state index in [1.54, 1.807) is 24.0 Å². The van der Waals surface area contributed by atoms with Crippen LogP contribution in [-0.4, -0.2) is 67.3 Å². The second kappa shape index (κ2) is 7.47. The molecule has 6 heteroatoms. The maximum absolute atomic E-state index is 12.3. The average molecular weight is 286 g/mol. The molecule has 1 atom stereocenters. The summed E-state index contributed by atoms with van der Waals surface area (Å²) < 4.78 is 4.96. The first kappa shape index (κ1) is 16.8.